The number of hydrogen-bond acceptors (Lipinski definition) is 9. The first-order valence-electron chi connectivity index (χ1n) is 21.2. The van der Waals surface area contributed by atoms with Gasteiger partial charge in [-0.3, -0.25) is 9.88 Å². The number of fused-ring (bicyclic) bond motifs is 1. The molecule has 0 saturated carbocycles. The maximum Gasteiger partial charge on any atom is 0.437 e. The van der Waals surface area contributed by atoms with Gasteiger partial charge in [0, 0.05) is 35.8 Å². The van der Waals surface area contributed by atoms with E-state index in [9.17, 15) is 19.2 Å². The fourth-order valence-corrected chi connectivity index (χ4v) is 6.75. The average Bonchev–Trinajstić information content (AvgIpc) is 3.62. The standard InChI is InChI=1S/C47H58ClFN8O7/c1-29(52-43(59)62-28-31-15-10-9-11-16-31)14-12-17-32-24-36(39(49)37(48)25-32)38-26-34-27-57(42(58)54-40(34)53-38)35-20-18-33(19-21-35)30(2)50-22-13-23-51-41(55-44(60)63-46(3,4)5)56-45(61)64-47(6,7)8/h9-11,15-16,18-21,24-27,29-30,50H,12-14,17,22-23,28H2,1-8H3,(H,52,59)(H,53,54,58)(H2,51,55,56,60,61)/t29-,30-/m0/s1. The summed E-state index contributed by atoms with van der Waals surface area (Å²) in [6, 6.07) is 21.8. The molecular weight excluding hydrogens is 843 g/mol. The molecule has 0 saturated heterocycles. The van der Waals surface area contributed by atoms with Crippen LogP contribution in [0.4, 0.5) is 18.8 Å². The van der Waals surface area contributed by atoms with Gasteiger partial charge in [0.2, 0.25) is 5.96 Å². The minimum atomic E-state index is -0.857. The first-order chi connectivity index (χ1) is 30.2. The fourth-order valence-electron chi connectivity index (χ4n) is 6.50. The lowest BCUT2D eigenvalue weighted by molar-refractivity contribution is 0.0560. The van der Waals surface area contributed by atoms with Crippen molar-refractivity contribution < 1.29 is 33.0 Å². The molecule has 0 fully saturated rings. The monoisotopic (exact) mass is 900 g/mol. The summed E-state index contributed by atoms with van der Waals surface area (Å²) in [4.78, 5) is 61.4. The van der Waals surface area contributed by atoms with Gasteiger partial charge in [0.1, 0.15) is 23.5 Å². The van der Waals surface area contributed by atoms with E-state index in [1.54, 1.807) is 65.9 Å². The van der Waals surface area contributed by atoms with Gasteiger partial charge in [0.15, 0.2) is 5.82 Å². The Morgan fingerprint density at radius 3 is 2.28 bits per heavy atom. The van der Waals surface area contributed by atoms with Crippen molar-refractivity contribution in [3.05, 3.63) is 117 Å². The van der Waals surface area contributed by atoms with Crippen LogP contribution in [0.1, 0.15) is 97.4 Å². The SMILES string of the molecule is C[C@H](NCCCN/C(=N/C(=O)OC(C)(C)C)NC(=O)OC(C)(C)C)c1ccc(-n2cc3cc(-c4cc(CCC[C@H](C)NC(=O)OCc5ccccc5)cc(Cl)c4F)[nH]c3nc2=O)cc1. The van der Waals surface area contributed by atoms with Crippen LogP contribution in [0, 0.1) is 5.82 Å². The van der Waals surface area contributed by atoms with Crippen LogP contribution in [-0.2, 0) is 27.2 Å². The van der Waals surface area contributed by atoms with Crippen molar-refractivity contribution in [1.29, 1.82) is 0 Å². The molecule has 0 spiro atoms. The van der Waals surface area contributed by atoms with Crippen molar-refractivity contribution in [3.8, 4) is 16.9 Å². The van der Waals surface area contributed by atoms with E-state index in [2.05, 4.69) is 36.2 Å². The number of hydrogen-bond donors (Lipinski definition) is 5. The molecule has 0 unspecified atom stereocenters. The van der Waals surface area contributed by atoms with Crippen molar-refractivity contribution in [2.45, 2.75) is 111 Å². The Morgan fingerprint density at radius 1 is 0.891 bits per heavy atom. The molecule has 0 aliphatic carbocycles. The van der Waals surface area contributed by atoms with E-state index in [0.29, 0.717) is 61.2 Å². The molecule has 5 aromatic rings. The minimum absolute atomic E-state index is 0.0266. The molecule has 0 bridgehead atoms. The van der Waals surface area contributed by atoms with E-state index in [0.717, 1.165) is 16.7 Å². The summed E-state index contributed by atoms with van der Waals surface area (Å²) >= 11 is 6.37. The molecule has 5 N–H and O–H groups in total. The van der Waals surface area contributed by atoms with Gasteiger partial charge in [0.05, 0.1) is 16.4 Å². The van der Waals surface area contributed by atoms with Gasteiger partial charge in [-0.2, -0.15) is 4.98 Å². The number of halogens is 2. The number of nitrogens with one attached hydrogen (secondary N) is 5. The minimum Gasteiger partial charge on any atom is -0.445 e. The summed E-state index contributed by atoms with van der Waals surface area (Å²) in [7, 11) is 0. The molecule has 5 rings (SSSR count). The summed E-state index contributed by atoms with van der Waals surface area (Å²) in [5, 5.41) is 12.3. The van der Waals surface area contributed by atoms with Crippen LogP contribution in [0.5, 0.6) is 0 Å². The molecule has 3 aromatic carbocycles. The third kappa shape index (κ3) is 15.2. The van der Waals surface area contributed by atoms with Crippen LogP contribution >= 0.6 is 11.6 Å². The Balaban J connectivity index is 1.15. The number of aryl methyl sites for hydroxylation is 1. The van der Waals surface area contributed by atoms with Crippen LogP contribution in [-0.4, -0.2) is 69.1 Å². The van der Waals surface area contributed by atoms with E-state index in [1.165, 1.54) is 4.57 Å². The maximum atomic E-state index is 15.5. The lowest BCUT2D eigenvalue weighted by Gasteiger charge is -2.21. The molecule has 2 aromatic heterocycles. The zero-order valence-electron chi connectivity index (χ0n) is 37.6. The number of aromatic nitrogens is 3. The van der Waals surface area contributed by atoms with Gasteiger partial charge in [-0.1, -0.05) is 54.1 Å². The molecule has 342 valence electrons. The Labute approximate surface area is 377 Å². The lowest BCUT2D eigenvalue weighted by Crippen LogP contribution is -2.44. The van der Waals surface area contributed by atoms with Crippen molar-refractivity contribution in [2.24, 2.45) is 4.99 Å². The normalized spacial score (nSPS) is 12.9. The Bertz CT molecular complexity index is 2480. The molecule has 0 radical (unpaired) electrons. The summed E-state index contributed by atoms with van der Waals surface area (Å²) in [6.07, 6.45) is 2.11. The van der Waals surface area contributed by atoms with Crippen LogP contribution in [0.2, 0.25) is 5.02 Å². The number of benzene rings is 3. The Hall–Kier alpha value is -6.26. The van der Waals surface area contributed by atoms with Gasteiger partial charge in [-0.25, -0.2) is 23.6 Å². The number of aliphatic imine (C=N–C) groups is 1. The highest BCUT2D eigenvalue weighted by atomic mass is 35.5. The predicted molar refractivity (Wildman–Crippen MR) is 246 cm³/mol. The van der Waals surface area contributed by atoms with E-state index < -0.39 is 41.0 Å². The number of rotatable bonds is 15. The number of carbonyl (C=O) groups excluding carboxylic acids is 3. The van der Waals surface area contributed by atoms with E-state index >= 15 is 4.39 Å². The zero-order chi connectivity index (χ0) is 46.6. The number of aromatic amines is 1. The highest BCUT2D eigenvalue weighted by Crippen LogP contribution is 2.31. The molecule has 3 amide bonds. The zero-order valence-corrected chi connectivity index (χ0v) is 38.3. The van der Waals surface area contributed by atoms with Gasteiger partial charge < -0.3 is 35.1 Å². The quantitative estimate of drug-likeness (QED) is 0.0293. The second-order valence-electron chi connectivity index (χ2n) is 17.4. The molecule has 0 aliphatic heterocycles. The number of ether oxygens (including phenoxy) is 3. The van der Waals surface area contributed by atoms with Gasteiger partial charge >= 0.3 is 24.0 Å². The molecule has 64 heavy (non-hydrogen) atoms. The maximum absolute atomic E-state index is 15.5. The Kier molecular flexibility index (Phi) is 16.7. The van der Waals surface area contributed by atoms with E-state index in [4.69, 9.17) is 25.8 Å². The second-order valence-corrected chi connectivity index (χ2v) is 17.8. The van der Waals surface area contributed by atoms with Crippen molar-refractivity contribution >= 4 is 46.9 Å². The molecule has 2 atom stereocenters. The van der Waals surface area contributed by atoms with Gasteiger partial charge in [-0.15, -0.1) is 4.99 Å². The van der Waals surface area contributed by atoms with E-state index in [-0.39, 0.29) is 35.2 Å². The highest BCUT2D eigenvalue weighted by molar-refractivity contribution is 6.31. The number of nitrogens with zero attached hydrogens (tertiary/aromatic N) is 3. The highest BCUT2D eigenvalue weighted by Gasteiger charge is 2.21. The summed E-state index contributed by atoms with van der Waals surface area (Å²) in [6.45, 7) is 15.4. The number of H-pyrrole nitrogens is 1. The summed E-state index contributed by atoms with van der Waals surface area (Å²) < 4.78 is 32.8. The van der Waals surface area contributed by atoms with Crippen LogP contribution < -0.4 is 27.0 Å². The lowest BCUT2D eigenvalue weighted by atomic mass is 10.0. The molecule has 15 nitrogen and oxygen atoms in total. The number of carbonyl (C=O) groups is 3. The Morgan fingerprint density at radius 2 is 1.59 bits per heavy atom. The first-order valence-corrected chi connectivity index (χ1v) is 21.6. The molecular formula is C47H58ClFN8O7. The van der Waals surface area contributed by atoms with Crippen LogP contribution in [0.25, 0.3) is 28.0 Å². The summed E-state index contributed by atoms with van der Waals surface area (Å²) in [5.41, 5.74) is 2.25. The number of amides is 3. The molecule has 17 heteroatoms. The number of guanidine groups is 1. The van der Waals surface area contributed by atoms with Crippen molar-refractivity contribution in [2.75, 3.05) is 13.1 Å². The molecule has 2 heterocycles. The summed E-state index contributed by atoms with van der Waals surface area (Å²) in [5.74, 6) is -0.676. The first kappa shape index (κ1) is 48.8. The smallest absolute Gasteiger partial charge is 0.437 e. The van der Waals surface area contributed by atoms with Gasteiger partial charge in [0.25, 0.3) is 0 Å². The van der Waals surface area contributed by atoms with Crippen molar-refractivity contribution in [3.63, 3.8) is 0 Å². The second kappa shape index (κ2) is 21.9. The van der Waals surface area contributed by atoms with Crippen LogP contribution in [0.3, 0.4) is 0 Å². The third-order valence-electron chi connectivity index (χ3n) is 9.55. The van der Waals surface area contributed by atoms with Crippen LogP contribution in [0.15, 0.2) is 88.8 Å². The largest absolute Gasteiger partial charge is 0.445 e. The van der Waals surface area contributed by atoms with Crippen molar-refractivity contribution in [1.82, 2.24) is 35.8 Å². The molecule has 0 aliphatic rings. The van der Waals surface area contributed by atoms with Gasteiger partial charge in [-0.05, 0) is 135 Å². The third-order valence-corrected chi connectivity index (χ3v) is 9.82. The predicted octanol–water partition coefficient (Wildman–Crippen LogP) is 9.26. The topological polar surface area (TPSA) is 190 Å². The van der Waals surface area contributed by atoms with E-state index in [1.807, 2.05) is 68.4 Å². The average molecular weight is 901 g/mol. The number of alkyl carbamates (subject to hydrolysis) is 2. The fraction of sp³-hybridized carbons (Fsp3) is 0.404.